The largest absolute Gasteiger partial charge is 0.415 e. The van der Waals surface area contributed by atoms with Gasteiger partial charge in [-0.3, -0.25) is 4.31 Å². The standard InChI is InChI=1S/C17H15F2N3O3S/c1-26(23,24)22(14-5-3-2-4-6-14)11-12-7-9-13(10-8-12)16-20-21-17(25-16)15(18)19/h2-10,15H,11H2,1H3. The van der Waals surface area contributed by atoms with Gasteiger partial charge in [-0.25, -0.2) is 8.42 Å². The maximum Gasteiger partial charge on any atom is 0.314 e. The molecule has 0 fully saturated rings. The molecule has 0 bridgehead atoms. The summed E-state index contributed by atoms with van der Waals surface area (Å²) >= 11 is 0. The van der Waals surface area contributed by atoms with Crippen molar-refractivity contribution in [3.05, 3.63) is 66.1 Å². The van der Waals surface area contributed by atoms with Crippen molar-refractivity contribution in [1.29, 1.82) is 0 Å². The topological polar surface area (TPSA) is 76.3 Å². The molecule has 1 heterocycles. The molecule has 0 atom stereocenters. The molecule has 26 heavy (non-hydrogen) atoms. The summed E-state index contributed by atoms with van der Waals surface area (Å²) in [5.41, 5.74) is 1.74. The first-order valence-electron chi connectivity index (χ1n) is 7.58. The van der Waals surface area contributed by atoms with Crippen LogP contribution in [0.1, 0.15) is 17.9 Å². The van der Waals surface area contributed by atoms with Gasteiger partial charge in [0, 0.05) is 5.56 Å². The van der Waals surface area contributed by atoms with Gasteiger partial charge in [-0.2, -0.15) is 8.78 Å². The van der Waals surface area contributed by atoms with Crippen LogP contribution < -0.4 is 4.31 Å². The number of anilines is 1. The first-order valence-corrected chi connectivity index (χ1v) is 9.43. The minimum atomic E-state index is -3.48. The van der Waals surface area contributed by atoms with E-state index in [2.05, 4.69) is 10.2 Å². The van der Waals surface area contributed by atoms with Gasteiger partial charge in [0.1, 0.15) is 0 Å². The normalized spacial score (nSPS) is 11.7. The van der Waals surface area contributed by atoms with Crippen molar-refractivity contribution in [3.8, 4) is 11.5 Å². The van der Waals surface area contributed by atoms with Gasteiger partial charge in [0.2, 0.25) is 15.9 Å². The van der Waals surface area contributed by atoms with E-state index in [1.165, 1.54) is 4.31 Å². The van der Waals surface area contributed by atoms with Crippen LogP contribution in [0.3, 0.4) is 0 Å². The maximum absolute atomic E-state index is 12.5. The van der Waals surface area contributed by atoms with Gasteiger partial charge in [-0.15, -0.1) is 10.2 Å². The molecule has 1 aromatic heterocycles. The highest BCUT2D eigenvalue weighted by Gasteiger charge is 2.19. The van der Waals surface area contributed by atoms with Crippen molar-refractivity contribution in [2.75, 3.05) is 10.6 Å². The summed E-state index contributed by atoms with van der Waals surface area (Å²) in [6, 6.07) is 15.3. The van der Waals surface area contributed by atoms with Gasteiger partial charge in [0.05, 0.1) is 18.5 Å². The van der Waals surface area contributed by atoms with E-state index in [4.69, 9.17) is 4.42 Å². The molecular formula is C17H15F2N3O3S. The Balaban J connectivity index is 1.83. The first-order chi connectivity index (χ1) is 12.3. The summed E-state index contributed by atoms with van der Waals surface area (Å²) in [7, 11) is -3.48. The predicted octanol–water partition coefficient (Wildman–Crippen LogP) is 3.64. The van der Waals surface area contributed by atoms with Crippen molar-refractivity contribution >= 4 is 15.7 Å². The molecule has 0 unspecified atom stereocenters. The van der Waals surface area contributed by atoms with Crippen LogP contribution in [0.2, 0.25) is 0 Å². The molecule has 0 N–H and O–H groups in total. The Kier molecular flexibility index (Phi) is 4.99. The number of aromatic nitrogens is 2. The van der Waals surface area contributed by atoms with Crippen molar-refractivity contribution in [2.24, 2.45) is 0 Å². The molecule has 2 aromatic carbocycles. The number of alkyl halides is 2. The maximum atomic E-state index is 12.5. The fourth-order valence-corrected chi connectivity index (χ4v) is 3.24. The zero-order valence-corrected chi connectivity index (χ0v) is 14.5. The molecule has 136 valence electrons. The summed E-state index contributed by atoms with van der Waals surface area (Å²) in [6.45, 7) is 0.134. The van der Waals surface area contributed by atoms with Gasteiger partial charge in [0.25, 0.3) is 5.89 Å². The molecule has 3 aromatic rings. The van der Waals surface area contributed by atoms with Crippen LogP contribution in [-0.4, -0.2) is 24.9 Å². The van der Waals surface area contributed by atoms with Crippen molar-refractivity contribution < 1.29 is 21.6 Å². The van der Waals surface area contributed by atoms with Crippen molar-refractivity contribution in [1.82, 2.24) is 10.2 Å². The lowest BCUT2D eigenvalue weighted by molar-refractivity contribution is 0.116. The van der Waals surface area contributed by atoms with E-state index in [0.717, 1.165) is 11.8 Å². The Morgan fingerprint density at radius 1 is 1.04 bits per heavy atom. The lowest BCUT2D eigenvalue weighted by Crippen LogP contribution is -2.29. The molecule has 3 rings (SSSR count). The van der Waals surface area contributed by atoms with Crippen LogP contribution in [0.4, 0.5) is 14.5 Å². The third kappa shape index (κ3) is 4.05. The number of sulfonamides is 1. The molecular weight excluding hydrogens is 364 g/mol. The van der Waals surface area contributed by atoms with Crippen LogP contribution in [0, 0.1) is 0 Å². The van der Waals surface area contributed by atoms with Gasteiger partial charge < -0.3 is 4.42 Å². The number of benzene rings is 2. The minimum absolute atomic E-state index is 0.0186. The highest BCUT2D eigenvalue weighted by atomic mass is 32.2. The fourth-order valence-electron chi connectivity index (χ4n) is 2.35. The Hall–Kier alpha value is -2.81. The van der Waals surface area contributed by atoms with Crippen molar-refractivity contribution in [2.45, 2.75) is 13.0 Å². The van der Waals surface area contributed by atoms with Crippen LogP contribution in [0.5, 0.6) is 0 Å². The molecule has 0 aliphatic rings. The molecule has 0 saturated carbocycles. The minimum Gasteiger partial charge on any atom is -0.415 e. The van der Waals surface area contributed by atoms with E-state index in [1.807, 2.05) is 0 Å². The van der Waals surface area contributed by atoms with Crippen molar-refractivity contribution in [3.63, 3.8) is 0 Å². The Bertz CT molecular complexity index is 974. The van der Waals surface area contributed by atoms with Crippen LogP contribution in [0.25, 0.3) is 11.5 Å². The van der Waals surface area contributed by atoms with E-state index in [0.29, 0.717) is 11.3 Å². The zero-order chi connectivity index (χ0) is 18.7. The SMILES string of the molecule is CS(=O)(=O)N(Cc1ccc(-c2nnc(C(F)F)o2)cc1)c1ccccc1. The van der Waals surface area contributed by atoms with E-state index in [-0.39, 0.29) is 12.4 Å². The Morgan fingerprint density at radius 3 is 2.23 bits per heavy atom. The second kappa shape index (κ2) is 7.20. The van der Waals surface area contributed by atoms with Gasteiger partial charge in [-0.1, -0.05) is 30.3 Å². The molecule has 0 aliphatic heterocycles. The highest BCUT2D eigenvalue weighted by Crippen LogP contribution is 2.25. The summed E-state index contributed by atoms with van der Waals surface area (Å²) in [5, 5.41) is 6.86. The second-order valence-corrected chi connectivity index (χ2v) is 7.46. The van der Waals surface area contributed by atoms with Gasteiger partial charge >= 0.3 is 6.43 Å². The van der Waals surface area contributed by atoms with Gasteiger partial charge in [-0.05, 0) is 29.8 Å². The average Bonchev–Trinajstić information content (AvgIpc) is 3.10. The molecule has 9 heteroatoms. The van der Waals surface area contributed by atoms with E-state index >= 15 is 0 Å². The lowest BCUT2D eigenvalue weighted by Gasteiger charge is -2.22. The third-order valence-corrected chi connectivity index (χ3v) is 4.74. The Morgan fingerprint density at radius 2 is 1.69 bits per heavy atom. The average molecular weight is 379 g/mol. The molecule has 0 amide bonds. The van der Waals surface area contributed by atoms with E-state index < -0.39 is 22.3 Å². The van der Waals surface area contributed by atoms with Crippen LogP contribution in [0.15, 0.2) is 59.0 Å². The molecule has 0 spiro atoms. The highest BCUT2D eigenvalue weighted by molar-refractivity contribution is 7.92. The summed E-state index contributed by atoms with van der Waals surface area (Å²) in [5.74, 6) is -0.758. The summed E-state index contributed by atoms with van der Waals surface area (Å²) in [4.78, 5) is 0. The van der Waals surface area contributed by atoms with E-state index in [1.54, 1.807) is 54.6 Å². The molecule has 0 aliphatic carbocycles. The Labute approximate surface area is 149 Å². The molecule has 0 saturated heterocycles. The van der Waals surface area contributed by atoms with Gasteiger partial charge in [0.15, 0.2) is 0 Å². The predicted molar refractivity (Wildman–Crippen MR) is 92.2 cm³/mol. The smallest absolute Gasteiger partial charge is 0.314 e. The quantitative estimate of drug-likeness (QED) is 0.654. The number of hydrogen-bond acceptors (Lipinski definition) is 5. The second-order valence-electron chi connectivity index (χ2n) is 5.55. The monoisotopic (exact) mass is 379 g/mol. The van der Waals surface area contributed by atoms with E-state index in [9.17, 15) is 17.2 Å². The number of hydrogen-bond donors (Lipinski definition) is 0. The summed E-state index contributed by atoms with van der Waals surface area (Å²) in [6.07, 6.45) is -1.69. The zero-order valence-electron chi connectivity index (χ0n) is 13.7. The summed E-state index contributed by atoms with van der Waals surface area (Å²) < 4.78 is 55.4. The number of halogens is 2. The van der Waals surface area contributed by atoms with Crippen LogP contribution in [-0.2, 0) is 16.6 Å². The lowest BCUT2D eigenvalue weighted by atomic mass is 10.1. The first kappa shape index (κ1) is 18.0. The molecule has 0 radical (unpaired) electrons. The third-order valence-electron chi connectivity index (χ3n) is 3.60. The fraction of sp³-hybridized carbons (Fsp3) is 0.176. The number of nitrogens with zero attached hydrogens (tertiary/aromatic N) is 3. The number of rotatable bonds is 6. The number of para-hydroxylation sites is 1. The molecule has 6 nitrogen and oxygen atoms in total. The van der Waals surface area contributed by atoms with Crippen LogP contribution >= 0.6 is 0 Å².